The number of benzene rings is 2. The van der Waals surface area contributed by atoms with Gasteiger partial charge in [0.15, 0.2) is 0 Å². The van der Waals surface area contributed by atoms with E-state index in [0.717, 1.165) is 4.57 Å². The summed E-state index contributed by atoms with van der Waals surface area (Å²) in [6.45, 7) is 0. The number of hydrogen-bond donors (Lipinski definition) is 2. The van der Waals surface area contributed by atoms with Gasteiger partial charge >= 0.3 is 11.7 Å². The standard InChI is InChI=1S/C15H10N2O4/c18-13-11-3-1-2-4-12(11)16-15(21)17(13)10-7-5-9(6-8-10)14(19)20/h1-8H,(H,16,21)(H,19,20). The lowest BCUT2D eigenvalue weighted by Gasteiger charge is -2.06. The molecule has 0 spiro atoms. The van der Waals surface area contributed by atoms with Crippen LogP contribution < -0.4 is 11.2 Å². The molecule has 2 N–H and O–H groups in total. The van der Waals surface area contributed by atoms with Gasteiger partial charge in [-0.1, -0.05) is 12.1 Å². The van der Waals surface area contributed by atoms with Crippen molar-refractivity contribution in [1.29, 1.82) is 0 Å². The molecule has 0 aliphatic heterocycles. The quantitative estimate of drug-likeness (QED) is 0.742. The maximum absolute atomic E-state index is 12.4. The molecule has 104 valence electrons. The number of carboxylic acids is 1. The predicted molar refractivity (Wildman–Crippen MR) is 77.1 cm³/mol. The smallest absolute Gasteiger partial charge is 0.335 e. The van der Waals surface area contributed by atoms with E-state index >= 15 is 0 Å². The van der Waals surface area contributed by atoms with Gasteiger partial charge in [-0.2, -0.15) is 0 Å². The van der Waals surface area contributed by atoms with Crippen LogP contribution in [0.5, 0.6) is 0 Å². The Bertz CT molecular complexity index is 952. The van der Waals surface area contributed by atoms with Gasteiger partial charge in [0.2, 0.25) is 0 Å². The number of nitrogens with zero attached hydrogens (tertiary/aromatic N) is 1. The molecular formula is C15H10N2O4. The average molecular weight is 282 g/mol. The van der Waals surface area contributed by atoms with Gasteiger partial charge < -0.3 is 10.1 Å². The zero-order valence-electron chi connectivity index (χ0n) is 10.7. The Morgan fingerprint density at radius 3 is 2.33 bits per heavy atom. The number of aromatic carboxylic acids is 1. The molecule has 0 saturated carbocycles. The van der Waals surface area contributed by atoms with Crippen molar-refractivity contribution >= 4 is 16.9 Å². The summed E-state index contributed by atoms with van der Waals surface area (Å²) in [5, 5.41) is 9.25. The van der Waals surface area contributed by atoms with E-state index in [1.807, 2.05) is 0 Å². The van der Waals surface area contributed by atoms with Gasteiger partial charge in [-0.15, -0.1) is 0 Å². The van der Waals surface area contributed by atoms with Gasteiger partial charge in [0.1, 0.15) is 0 Å². The van der Waals surface area contributed by atoms with Crippen LogP contribution in [0.3, 0.4) is 0 Å². The highest BCUT2D eigenvalue weighted by Gasteiger charge is 2.10. The molecule has 0 amide bonds. The molecule has 0 fully saturated rings. The zero-order chi connectivity index (χ0) is 15.0. The summed E-state index contributed by atoms with van der Waals surface area (Å²) < 4.78 is 0.980. The fourth-order valence-electron chi connectivity index (χ4n) is 2.15. The molecule has 0 unspecified atom stereocenters. The van der Waals surface area contributed by atoms with E-state index in [4.69, 9.17) is 5.11 Å². The number of H-pyrrole nitrogens is 1. The van der Waals surface area contributed by atoms with Crippen LogP contribution in [0, 0.1) is 0 Å². The highest BCUT2D eigenvalue weighted by atomic mass is 16.4. The number of para-hydroxylation sites is 1. The molecule has 3 rings (SSSR count). The second kappa shape index (κ2) is 4.75. The maximum atomic E-state index is 12.4. The SMILES string of the molecule is O=C(O)c1ccc(-n2c(=O)[nH]c3ccccc3c2=O)cc1. The molecule has 6 heteroatoms. The van der Waals surface area contributed by atoms with E-state index in [1.165, 1.54) is 24.3 Å². The van der Waals surface area contributed by atoms with E-state index in [2.05, 4.69) is 4.98 Å². The normalized spacial score (nSPS) is 10.7. The number of aromatic nitrogens is 2. The molecule has 6 nitrogen and oxygen atoms in total. The van der Waals surface area contributed by atoms with Crippen LogP contribution in [0.4, 0.5) is 0 Å². The second-order valence-corrected chi connectivity index (χ2v) is 4.47. The van der Waals surface area contributed by atoms with Crippen molar-refractivity contribution in [2.24, 2.45) is 0 Å². The first-order chi connectivity index (χ1) is 10.1. The molecule has 0 saturated heterocycles. The van der Waals surface area contributed by atoms with Crippen LogP contribution >= 0.6 is 0 Å². The van der Waals surface area contributed by atoms with Crippen molar-refractivity contribution in [2.75, 3.05) is 0 Å². The number of aromatic amines is 1. The van der Waals surface area contributed by atoms with Crippen molar-refractivity contribution < 1.29 is 9.90 Å². The Morgan fingerprint density at radius 2 is 1.67 bits per heavy atom. The zero-order valence-corrected chi connectivity index (χ0v) is 10.7. The summed E-state index contributed by atoms with van der Waals surface area (Å²) in [7, 11) is 0. The van der Waals surface area contributed by atoms with Crippen LogP contribution in [0.1, 0.15) is 10.4 Å². The Balaban J connectivity index is 2.27. The van der Waals surface area contributed by atoms with E-state index in [9.17, 15) is 14.4 Å². The summed E-state index contributed by atoms with van der Waals surface area (Å²) in [6.07, 6.45) is 0. The average Bonchev–Trinajstić information content (AvgIpc) is 2.48. The van der Waals surface area contributed by atoms with Crippen LogP contribution in [-0.4, -0.2) is 20.6 Å². The van der Waals surface area contributed by atoms with Crippen LogP contribution in [0.25, 0.3) is 16.6 Å². The molecular weight excluding hydrogens is 272 g/mol. The van der Waals surface area contributed by atoms with Crippen molar-refractivity contribution in [1.82, 2.24) is 9.55 Å². The fraction of sp³-hybridized carbons (Fsp3) is 0. The highest BCUT2D eigenvalue weighted by molar-refractivity contribution is 5.87. The van der Waals surface area contributed by atoms with Gasteiger partial charge in [0.05, 0.1) is 22.2 Å². The summed E-state index contributed by atoms with van der Waals surface area (Å²) in [5.74, 6) is -1.07. The van der Waals surface area contributed by atoms with Gasteiger partial charge in [-0.05, 0) is 36.4 Å². The number of nitrogens with one attached hydrogen (secondary N) is 1. The molecule has 1 aromatic heterocycles. The Hall–Kier alpha value is -3.15. The van der Waals surface area contributed by atoms with Gasteiger partial charge in [-0.3, -0.25) is 4.79 Å². The Kier molecular flexibility index (Phi) is 2.91. The Morgan fingerprint density at radius 1 is 1.00 bits per heavy atom. The minimum Gasteiger partial charge on any atom is -0.478 e. The summed E-state index contributed by atoms with van der Waals surface area (Å²) >= 11 is 0. The minimum atomic E-state index is -1.07. The molecule has 0 radical (unpaired) electrons. The number of rotatable bonds is 2. The lowest BCUT2D eigenvalue weighted by Crippen LogP contribution is -2.33. The molecule has 0 aliphatic rings. The lowest BCUT2D eigenvalue weighted by molar-refractivity contribution is 0.0697. The molecule has 21 heavy (non-hydrogen) atoms. The molecule has 3 aromatic rings. The number of carboxylic acid groups (broad SMARTS) is 1. The van der Waals surface area contributed by atoms with E-state index in [-0.39, 0.29) is 5.56 Å². The van der Waals surface area contributed by atoms with Gasteiger partial charge in [-0.25, -0.2) is 14.2 Å². The van der Waals surface area contributed by atoms with Crippen LogP contribution in [0.15, 0.2) is 58.1 Å². The van der Waals surface area contributed by atoms with Gasteiger partial charge in [0, 0.05) is 0 Å². The lowest BCUT2D eigenvalue weighted by atomic mass is 10.2. The molecule has 0 bridgehead atoms. The summed E-state index contributed by atoms with van der Waals surface area (Å²) in [6, 6.07) is 12.2. The van der Waals surface area contributed by atoms with E-state index in [0.29, 0.717) is 16.6 Å². The molecule has 0 atom stereocenters. The van der Waals surface area contributed by atoms with Gasteiger partial charge in [0.25, 0.3) is 5.56 Å². The maximum Gasteiger partial charge on any atom is 0.335 e. The predicted octanol–water partition coefficient (Wildman–Crippen LogP) is 1.38. The van der Waals surface area contributed by atoms with Crippen molar-refractivity contribution in [2.45, 2.75) is 0 Å². The monoisotopic (exact) mass is 282 g/mol. The molecule has 0 aliphatic carbocycles. The fourth-order valence-corrected chi connectivity index (χ4v) is 2.15. The largest absolute Gasteiger partial charge is 0.478 e. The summed E-state index contributed by atoms with van der Waals surface area (Å²) in [5.41, 5.74) is -0.147. The third-order valence-corrected chi connectivity index (χ3v) is 3.18. The van der Waals surface area contributed by atoms with E-state index < -0.39 is 17.2 Å². The highest BCUT2D eigenvalue weighted by Crippen LogP contribution is 2.08. The number of hydrogen-bond acceptors (Lipinski definition) is 3. The van der Waals surface area contributed by atoms with Crippen LogP contribution in [0.2, 0.25) is 0 Å². The van der Waals surface area contributed by atoms with Crippen molar-refractivity contribution in [3.63, 3.8) is 0 Å². The molecule has 2 aromatic carbocycles. The summed E-state index contributed by atoms with van der Waals surface area (Å²) in [4.78, 5) is 37.9. The first-order valence-corrected chi connectivity index (χ1v) is 6.16. The van der Waals surface area contributed by atoms with E-state index in [1.54, 1.807) is 24.3 Å². The Labute approximate surface area is 117 Å². The van der Waals surface area contributed by atoms with Crippen LogP contribution in [-0.2, 0) is 0 Å². The van der Waals surface area contributed by atoms with Crippen molar-refractivity contribution in [3.05, 3.63) is 74.9 Å². The number of fused-ring (bicyclic) bond motifs is 1. The second-order valence-electron chi connectivity index (χ2n) is 4.47. The first kappa shape index (κ1) is 12.9. The first-order valence-electron chi connectivity index (χ1n) is 6.16. The molecule has 1 heterocycles. The van der Waals surface area contributed by atoms with Crippen molar-refractivity contribution in [3.8, 4) is 5.69 Å². The minimum absolute atomic E-state index is 0.0871. The third-order valence-electron chi connectivity index (χ3n) is 3.18. The topological polar surface area (TPSA) is 92.2 Å². The number of carbonyl (C=O) groups is 1. The third kappa shape index (κ3) is 2.12.